The number of rotatable bonds is 0. The van der Waals surface area contributed by atoms with Crippen LogP contribution in [-0.4, -0.2) is 4.98 Å². The van der Waals surface area contributed by atoms with Crippen LogP contribution in [0.25, 0.3) is 10.9 Å². The molecule has 0 aliphatic heterocycles. The molecule has 0 amide bonds. The van der Waals surface area contributed by atoms with Crippen LogP contribution in [0.1, 0.15) is 0 Å². The van der Waals surface area contributed by atoms with Gasteiger partial charge in [-0.3, -0.25) is 0 Å². The lowest BCUT2D eigenvalue weighted by Crippen LogP contribution is -1.82. The molecule has 0 fully saturated rings. The molecule has 1 heterocycles. The first kappa shape index (κ1) is 6.61. The SMILES string of the molecule is Nc1[nH]c2ccccc2c1S. The van der Waals surface area contributed by atoms with Gasteiger partial charge in [0.05, 0.1) is 4.90 Å². The largest absolute Gasteiger partial charge is 0.384 e. The highest BCUT2D eigenvalue weighted by atomic mass is 32.1. The van der Waals surface area contributed by atoms with E-state index in [1.165, 1.54) is 0 Å². The van der Waals surface area contributed by atoms with E-state index in [1.807, 2.05) is 24.3 Å². The van der Waals surface area contributed by atoms with Crippen LogP contribution in [-0.2, 0) is 0 Å². The van der Waals surface area contributed by atoms with Gasteiger partial charge in [0.1, 0.15) is 5.82 Å². The Kier molecular flexibility index (Phi) is 1.32. The summed E-state index contributed by atoms with van der Waals surface area (Å²) in [4.78, 5) is 3.86. The smallest absolute Gasteiger partial charge is 0.115 e. The van der Waals surface area contributed by atoms with Crippen molar-refractivity contribution in [2.24, 2.45) is 0 Å². The summed E-state index contributed by atoms with van der Waals surface area (Å²) in [5.74, 6) is 0.634. The summed E-state index contributed by atoms with van der Waals surface area (Å²) in [5.41, 5.74) is 6.66. The molecule has 0 saturated heterocycles. The van der Waals surface area contributed by atoms with Crippen molar-refractivity contribution in [3.05, 3.63) is 24.3 Å². The minimum Gasteiger partial charge on any atom is -0.384 e. The Labute approximate surface area is 69.8 Å². The second kappa shape index (κ2) is 2.20. The second-order valence-electron chi connectivity index (χ2n) is 2.43. The Bertz CT molecular complexity index is 392. The van der Waals surface area contributed by atoms with E-state index in [2.05, 4.69) is 17.6 Å². The van der Waals surface area contributed by atoms with E-state index < -0.39 is 0 Å². The summed E-state index contributed by atoms with van der Waals surface area (Å²) in [6, 6.07) is 7.90. The van der Waals surface area contributed by atoms with Crippen molar-refractivity contribution < 1.29 is 0 Å². The molecule has 56 valence electrons. The highest BCUT2D eigenvalue weighted by molar-refractivity contribution is 7.80. The zero-order valence-electron chi connectivity index (χ0n) is 5.83. The highest BCUT2D eigenvalue weighted by Gasteiger charge is 2.02. The van der Waals surface area contributed by atoms with Crippen LogP contribution in [0, 0.1) is 0 Å². The van der Waals surface area contributed by atoms with E-state index in [-0.39, 0.29) is 0 Å². The summed E-state index contributed by atoms with van der Waals surface area (Å²) in [7, 11) is 0. The number of hydrogen-bond donors (Lipinski definition) is 3. The maximum Gasteiger partial charge on any atom is 0.115 e. The molecule has 1 aromatic heterocycles. The van der Waals surface area contributed by atoms with Gasteiger partial charge in [0.2, 0.25) is 0 Å². The zero-order chi connectivity index (χ0) is 7.84. The molecule has 0 atom stereocenters. The van der Waals surface area contributed by atoms with Crippen molar-refractivity contribution in [2.45, 2.75) is 4.90 Å². The van der Waals surface area contributed by atoms with Crippen molar-refractivity contribution in [2.75, 3.05) is 5.73 Å². The fourth-order valence-electron chi connectivity index (χ4n) is 1.15. The summed E-state index contributed by atoms with van der Waals surface area (Å²) in [6.45, 7) is 0. The van der Waals surface area contributed by atoms with Crippen molar-refractivity contribution in [3.63, 3.8) is 0 Å². The second-order valence-corrected chi connectivity index (χ2v) is 2.88. The molecular formula is C8H8N2S. The van der Waals surface area contributed by atoms with E-state index in [4.69, 9.17) is 5.73 Å². The Balaban J connectivity index is 2.92. The van der Waals surface area contributed by atoms with Crippen LogP contribution in [0.3, 0.4) is 0 Å². The molecule has 2 nitrogen and oxygen atoms in total. The molecule has 0 aliphatic rings. The molecule has 0 radical (unpaired) electrons. The predicted molar refractivity (Wildman–Crippen MR) is 50.0 cm³/mol. The van der Waals surface area contributed by atoms with Gasteiger partial charge < -0.3 is 10.7 Å². The average molecular weight is 164 g/mol. The minimum absolute atomic E-state index is 0.634. The third-order valence-electron chi connectivity index (χ3n) is 1.71. The lowest BCUT2D eigenvalue weighted by atomic mass is 10.2. The number of H-pyrrole nitrogens is 1. The monoisotopic (exact) mass is 164 g/mol. The van der Waals surface area contributed by atoms with Crippen molar-refractivity contribution in [1.29, 1.82) is 0 Å². The Morgan fingerprint density at radius 3 is 2.73 bits per heavy atom. The molecule has 3 N–H and O–H groups in total. The van der Waals surface area contributed by atoms with Crippen molar-refractivity contribution in [3.8, 4) is 0 Å². The zero-order valence-corrected chi connectivity index (χ0v) is 6.73. The summed E-state index contributed by atoms with van der Waals surface area (Å²) < 4.78 is 0. The topological polar surface area (TPSA) is 41.8 Å². The van der Waals surface area contributed by atoms with Crippen molar-refractivity contribution >= 4 is 29.3 Å². The predicted octanol–water partition coefficient (Wildman–Crippen LogP) is 2.04. The molecule has 11 heavy (non-hydrogen) atoms. The van der Waals surface area contributed by atoms with Crippen molar-refractivity contribution in [1.82, 2.24) is 4.98 Å². The van der Waals surface area contributed by atoms with E-state index in [1.54, 1.807) is 0 Å². The Hall–Kier alpha value is -1.09. The Morgan fingerprint density at radius 1 is 1.27 bits per heavy atom. The number of nitrogen functional groups attached to an aromatic ring is 1. The molecule has 0 unspecified atom stereocenters. The van der Waals surface area contributed by atoms with Gasteiger partial charge in [0.15, 0.2) is 0 Å². The maximum atomic E-state index is 5.62. The van der Waals surface area contributed by atoms with E-state index in [9.17, 15) is 0 Å². The van der Waals surface area contributed by atoms with Gasteiger partial charge in [-0.25, -0.2) is 0 Å². The standard InChI is InChI=1S/C8H8N2S/c9-8-7(11)5-3-1-2-4-6(5)10-8/h1-4,10-11H,9H2. The number of aromatic amines is 1. The third kappa shape index (κ3) is 0.886. The first-order chi connectivity index (χ1) is 5.29. The maximum absolute atomic E-state index is 5.62. The molecule has 1 aromatic carbocycles. The first-order valence-electron chi connectivity index (χ1n) is 3.34. The van der Waals surface area contributed by atoms with Gasteiger partial charge >= 0.3 is 0 Å². The molecule has 2 rings (SSSR count). The van der Waals surface area contributed by atoms with Gasteiger partial charge in [0.25, 0.3) is 0 Å². The van der Waals surface area contributed by atoms with Gasteiger partial charge in [-0.15, -0.1) is 12.6 Å². The minimum atomic E-state index is 0.634. The summed E-state index contributed by atoms with van der Waals surface area (Å²) in [6.07, 6.45) is 0. The summed E-state index contributed by atoms with van der Waals surface area (Å²) >= 11 is 4.26. The van der Waals surface area contributed by atoms with Crippen LogP contribution < -0.4 is 5.73 Å². The number of benzene rings is 1. The fourth-order valence-corrected chi connectivity index (χ4v) is 1.40. The fraction of sp³-hybridized carbons (Fsp3) is 0. The molecule has 0 saturated carbocycles. The molecule has 2 aromatic rings. The Morgan fingerprint density at radius 2 is 2.00 bits per heavy atom. The van der Waals surface area contributed by atoms with Crippen LogP contribution >= 0.6 is 12.6 Å². The van der Waals surface area contributed by atoms with Gasteiger partial charge in [-0.1, -0.05) is 18.2 Å². The number of para-hydroxylation sites is 1. The quantitative estimate of drug-likeness (QED) is 0.512. The number of anilines is 1. The first-order valence-corrected chi connectivity index (χ1v) is 3.79. The number of fused-ring (bicyclic) bond motifs is 1. The van der Waals surface area contributed by atoms with E-state index in [0.29, 0.717) is 5.82 Å². The highest BCUT2D eigenvalue weighted by Crippen LogP contribution is 2.26. The summed E-state index contributed by atoms with van der Waals surface area (Å²) in [5, 5.41) is 1.08. The number of nitrogens with one attached hydrogen (secondary N) is 1. The molecular weight excluding hydrogens is 156 g/mol. The van der Waals surface area contributed by atoms with Gasteiger partial charge in [-0.05, 0) is 6.07 Å². The average Bonchev–Trinajstić information content (AvgIpc) is 2.30. The third-order valence-corrected chi connectivity index (χ3v) is 2.19. The van der Waals surface area contributed by atoms with Crippen LogP contribution in [0.4, 0.5) is 5.82 Å². The lowest BCUT2D eigenvalue weighted by Gasteiger charge is -1.86. The van der Waals surface area contributed by atoms with E-state index in [0.717, 1.165) is 15.8 Å². The molecule has 0 bridgehead atoms. The number of aromatic nitrogens is 1. The normalized spacial score (nSPS) is 10.6. The van der Waals surface area contributed by atoms with E-state index >= 15 is 0 Å². The lowest BCUT2D eigenvalue weighted by molar-refractivity contribution is 1.42. The molecule has 3 heteroatoms. The molecule has 0 spiro atoms. The van der Waals surface area contributed by atoms with Crippen LogP contribution in [0.5, 0.6) is 0 Å². The van der Waals surface area contributed by atoms with Gasteiger partial charge in [-0.2, -0.15) is 0 Å². The van der Waals surface area contributed by atoms with Crippen LogP contribution in [0.15, 0.2) is 29.2 Å². The van der Waals surface area contributed by atoms with Gasteiger partial charge in [0, 0.05) is 10.9 Å². The molecule has 0 aliphatic carbocycles. The number of hydrogen-bond acceptors (Lipinski definition) is 2. The number of thiol groups is 1. The van der Waals surface area contributed by atoms with Crippen LogP contribution in [0.2, 0.25) is 0 Å². The number of nitrogens with two attached hydrogens (primary N) is 1.